The minimum atomic E-state index is -9.66. The zero-order chi connectivity index (χ0) is 38.4. The van der Waals surface area contributed by atoms with Crippen LogP contribution in [-0.2, 0) is 14.8 Å². The number of hydrogen-bond acceptors (Lipinski definition) is 5. The van der Waals surface area contributed by atoms with Crippen molar-refractivity contribution in [3.05, 3.63) is 0 Å². The van der Waals surface area contributed by atoms with E-state index < -0.39 is 97.0 Å². The molecule has 0 unspecified atom stereocenters. The van der Waals surface area contributed by atoms with Crippen LogP contribution in [0.4, 0.5) is 114 Å². The summed E-state index contributed by atoms with van der Waals surface area (Å²) < 4.78 is 365. The van der Waals surface area contributed by atoms with Crippen molar-refractivity contribution in [1.82, 2.24) is 9.84 Å². The third-order valence-electron chi connectivity index (χ3n) is 4.78. The van der Waals surface area contributed by atoms with Gasteiger partial charge in [-0.3, -0.25) is 0 Å². The molecule has 0 amide bonds. The van der Waals surface area contributed by atoms with Crippen molar-refractivity contribution >= 4 is 16.0 Å². The molecule has 0 aromatic carbocycles. The quantitative estimate of drug-likeness (QED) is 0.134. The Morgan fingerprint density at radius 1 is 0.468 bits per heavy atom. The van der Waals surface area contributed by atoms with E-state index in [4.69, 9.17) is 0 Å². The SMILES string of the molecule is O=C([O-])C(F)(F)N(NS(=O)(=O)C(F)(F)C(F)(F)C(F)(F)F)C(F)(F)C(F)(F)C(F)(F)C(F)(F)C(F)(F)C(F)(F)C(F)(F)C(F)(F)F.[K+]. The van der Waals surface area contributed by atoms with Crippen molar-refractivity contribution in [2.24, 2.45) is 0 Å². The van der Waals surface area contributed by atoms with Crippen LogP contribution < -0.4 is 61.3 Å². The van der Waals surface area contributed by atoms with Gasteiger partial charge in [-0.1, -0.05) is 5.01 Å². The number of carboxylic acids is 1. The molecule has 0 bridgehead atoms. The molecule has 0 saturated carbocycles. The largest absolute Gasteiger partial charge is 1.00 e. The van der Waals surface area contributed by atoms with E-state index in [9.17, 15) is 132 Å². The Balaban J connectivity index is 0. The summed E-state index contributed by atoms with van der Waals surface area (Å²) in [5.41, 5.74) is 0. The second-order valence-electron chi connectivity index (χ2n) is 7.83. The molecule has 0 aliphatic rings. The fourth-order valence-electron chi connectivity index (χ4n) is 2.19. The van der Waals surface area contributed by atoms with Gasteiger partial charge in [-0.15, -0.1) is 4.83 Å². The standard InChI is InChI=1S/C13H2F26N2O4S.K/c14-2(15,1(42)43)41(40-46(44,45)13(38,39)9(28,29)11(33,34)35)12(36,37)8(26,27)6(22,23)4(18,19)3(16,17)5(20,21)7(24,25)10(30,31)32;/h40H,(H,42,43);/q;+1/p-1. The molecule has 0 atom stereocenters. The van der Waals surface area contributed by atoms with Gasteiger partial charge in [0.15, 0.2) is 0 Å². The number of hydrazine groups is 1. The average molecular weight is 814 g/mol. The molecule has 34 heteroatoms. The molecule has 1 N–H and O–H groups in total. The van der Waals surface area contributed by atoms with Crippen LogP contribution in [0.15, 0.2) is 0 Å². The van der Waals surface area contributed by atoms with Gasteiger partial charge in [0.05, 0.1) is 0 Å². The van der Waals surface area contributed by atoms with Gasteiger partial charge < -0.3 is 9.90 Å². The van der Waals surface area contributed by atoms with Crippen LogP contribution in [-0.4, -0.2) is 90.6 Å². The smallest absolute Gasteiger partial charge is 0.543 e. The summed E-state index contributed by atoms with van der Waals surface area (Å²) >= 11 is 0. The molecule has 0 radical (unpaired) electrons. The Bertz CT molecular complexity index is 1270. The predicted octanol–water partition coefficient (Wildman–Crippen LogP) is 2.23. The van der Waals surface area contributed by atoms with Gasteiger partial charge in [0.1, 0.15) is 5.97 Å². The van der Waals surface area contributed by atoms with Crippen LogP contribution in [0.2, 0.25) is 0 Å². The molecule has 276 valence electrons. The number of rotatable bonds is 13. The van der Waals surface area contributed by atoms with Crippen molar-refractivity contribution in [3.8, 4) is 0 Å². The van der Waals surface area contributed by atoms with E-state index in [1.54, 1.807) is 0 Å². The van der Waals surface area contributed by atoms with Crippen molar-refractivity contribution in [1.29, 1.82) is 0 Å². The van der Waals surface area contributed by atoms with E-state index in [-0.39, 0.29) is 51.4 Å². The van der Waals surface area contributed by atoms with Gasteiger partial charge in [-0.05, 0) is 0 Å². The Labute approximate surface area is 279 Å². The van der Waals surface area contributed by atoms with E-state index in [0.29, 0.717) is 0 Å². The maximum atomic E-state index is 14.2. The molecule has 0 aromatic heterocycles. The Morgan fingerprint density at radius 3 is 0.979 bits per heavy atom. The number of sulfonamides is 1. The van der Waals surface area contributed by atoms with Crippen molar-refractivity contribution in [2.45, 2.75) is 71.2 Å². The summed E-state index contributed by atoms with van der Waals surface area (Å²) in [6.45, 7) is 0. The van der Waals surface area contributed by atoms with Crippen molar-refractivity contribution in [2.75, 3.05) is 0 Å². The van der Waals surface area contributed by atoms with Crippen LogP contribution in [0.5, 0.6) is 0 Å². The fraction of sp³-hybridized carbons (Fsp3) is 0.923. The Hall–Kier alpha value is -0.844. The van der Waals surface area contributed by atoms with E-state index in [1.807, 2.05) is 0 Å². The van der Waals surface area contributed by atoms with E-state index >= 15 is 0 Å². The first kappa shape index (κ1) is 48.3. The molecule has 6 nitrogen and oxygen atoms in total. The Kier molecular flexibility index (Phi) is 12.8. The van der Waals surface area contributed by atoms with Crippen LogP contribution >= 0.6 is 0 Å². The van der Waals surface area contributed by atoms with Crippen LogP contribution in [0, 0.1) is 0 Å². The van der Waals surface area contributed by atoms with Crippen LogP contribution in [0.1, 0.15) is 0 Å². The van der Waals surface area contributed by atoms with Crippen molar-refractivity contribution < 1.29 is 184 Å². The van der Waals surface area contributed by atoms with E-state index in [0.717, 1.165) is 0 Å². The van der Waals surface area contributed by atoms with Crippen LogP contribution in [0.25, 0.3) is 0 Å². The monoisotopic (exact) mass is 814 g/mol. The summed E-state index contributed by atoms with van der Waals surface area (Å²) in [6, 6.07) is -17.1. The first-order chi connectivity index (χ1) is 19.3. The molecule has 0 aromatic rings. The van der Waals surface area contributed by atoms with Gasteiger partial charge in [-0.25, -0.2) is 8.42 Å². The molecule has 0 saturated heterocycles. The molecule has 0 aliphatic carbocycles. The minimum absolute atomic E-state index is 0. The number of nitrogens with zero attached hydrogens (tertiary/aromatic N) is 1. The molecule has 0 aliphatic heterocycles. The third kappa shape index (κ3) is 6.69. The number of nitrogens with one attached hydrogen (secondary N) is 1. The third-order valence-corrected chi connectivity index (χ3v) is 6.14. The fourth-order valence-corrected chi connectivity index (χ4v) is 3.23. The first-order valence-corrected chi connectivity index (χ1v) is 10.7. The van der Waals surface area contributed by atoms with Gasteiger partial charge in [-0.2, -0.15) is 114 Å². The molecular weight excluding hydrogens is 813 g/mol. The number of alkyl halides is 26. The summed E-state index contributed by atoms with van der Waals surface area (Å²) in [7, 11) is -9.16. The minimum Gasteiger partial charge on any atom is -0.543 e. The number of carboxylic acid groups (broad SMARTS) is 1. The average Bonchev–Trinajstić information content (AvgIpc) is 2.79. The van der Waals surface area contributed by atoms with Gasteiger partial charge >= 0.3 is 123 Å². The van der Waals surface area contributed by atoms with Gasteiger partial charge in [0, 0.05) is 0 Å². The van der Waals surface area contributed by atoms with Crippen molar-refractivity contribution in [3.63, 3.8) is 0 Å². The van der Waals surface area contributed by atoms with Gasteiger partial charge in [0.25, 0.3) is 10.0 Å². The number of hydrogen-bond donors (Lipinski definition) is 1. The normalized spacial score (nSPS) is 16.3. The number of halogens is 26. The second-order valence-corrected chi connectivity index (χ2v) is 9.54. The summed E-state index contributed by atoms with van der Waals surface area (Å²) in [5.74, 6) is -69.6. The van der Waals surface area contributed by atoms with Gasteiger partial charge in [0.2, 0.25) is 0 Å². The molecule has 0 heterocycles. The second kappa shape index (κ2) is 12.4. The first-order valence-electron chi connectivity index (χ1n) is 9.23. The number of carbonyl (C=O) groups excluding carboxylic acids is 1. The molecule has 0 fully saturated rings. The topological polar surface area (TPSA) is 89.5 Å². The maximum Gasteiger partial charge on any atom is 1.00 e. The zero-order valence-electron chi connectivity index (χ0n) is 20.3. The zero-order valence-corrected chi connectivity index (χ0v) is 24.3. The Morgan fingerprint density at radius 2 is 0.723 bits per heavy atom. The molecule has 0 spiro atoms. The maximum absolute atomic E-state index is 14.2. The summed E-state index contributed by atoms with van der Waals surface area (Å²) in [5, 5.41) is -2.79. The number of aliphatic carboxylic acids is 1. The predicted molar refractivity (Wildman–Crippen MR) is 80.5 cm³/mol. The molecule has 0 rings (SSSR count). The van der Waals surface area contributed by atoms with E-state index in [1.165, 1.54) is 0 Å². The summed E-state index contributed by atoms with van der Waals surface area (Å²) in [6.07, 6.45) is -16.2. The molecular formula is C13HF26KN2O4S. The molecule has 47 heavy (non-hydrogen) atoms. The van der Waals surface area contributed by atoms with E-state index in [2.05, 4.69) is 0 Å². The van der Waals surface area contributed by atoms with Crippen LogP contribution in [0.3, 0.4) is 0 Å². The summed E-state index contributed by atoms with van der Waals surface area (Å²) in [4.78, 5) is 8.30. The number of carbonyl (C=O) groups is 1.